The predicted molar refractivity (Wildman–Crippen MR) is 225 cm³/mol. The van der Waals surface area contributed by atoms with Gasteiger partial charge in [0.1, 0.15) is 11.2 Å². The van der Waals surface area contributed by atoms with Gasteiger partial charge >= 0.3 is 0 Å². The molecule has 1 heteroatoms. The topological polar surface area (TPSA) is 13.1 Å². The summed E-state index contributed by atoms with van der Waals surface area (Å²) in [6.07, 6.45) is 0. The van der Waals surface area contributed by atoms with E-state index in [1.807, 2.05) is 109 Å². The molecule has 0 amide bonds. The fraction of sp³-hybridized carbons (Fsp3) is 0. The van der Waals surface area contributed by atoms with Crippen molar-refractivity contribution in [1.82, 2.24) is 0 Å². The monoisotopic (exact) mass is 678 g/mol. The van der Waals surface area contributed by atoms with Gasteiger partial charge in [0.2, 0.25) is 0 Å². The summed E-state index contributed by atoms with van der Waals surface area (Å²) < 4.78 is 64.1. The van der Waals surface area contributed by atoms with Crippen molar-refractivity contribution in [3.8, 4) is 44.5 Å². The van der Waals surface area contributed by atoms with Crippen molar-refractivity contribution in [2.24, 2.45) is 0 Å². The van der Waals surface area contributed by atoms with Gasteiger partial charge in [-0.3, -0.25) is 0 Å². The molecule has 1 aromatic heterocycles. The summed E-state index contributed by atoms with van der Waals surface area (Å²) in [6.45, 7) is 0. The number of para-hydroxylation sites is 1. The summed E-state index contributed by atoms with van der Waals surface area (Å²) in [5, 5.41) is 7.42. The molecule has 0 radical (unpaired) electrons. The Bertz CT molecular complexity index is 3510. The second-order valence-electron chi connectivity index (χ2n) is 13.4. The third-order valence-corrected chi connectivity index (χ3v) is 10.5. The van der Waals surface area contributed by atoms with Crippen molar-refractivity contribution in [3.63, 3.8) is 0 Å². The molecule has 0 bridgehead atoms. The first-order chi connectivity index (χ1) is 28.8. The first-order valence-corrected chi connectivity index (χ1v) is 17.8. The van der Waals surface area contributed by atoms with Gasteiger partial charge in [0.25, 0.3) is 0 Å². The van der Waals surface area contributed by atoms with Crippen molar-refractivity contribution in [2.45, 2.75) is 0 Å². The van der Waals surface area contributed by atoms with Gasteiger partial charge in [-0.1, -0.05) is 176 Å². The van der Waals surface area contributed by atoms with Gasteiger partial charge in [-0.2, -0.15) is 0 Å². The number of benzene rings is 10. The van der Waals surface area contributed by atoms with Gasteiger partial charge in [-0.05, 0) is 100 Å². The summed E-state index contributed by atoms with van der Waals surface area (Å²) in [6, 6.07) is 50.7. The van der Waals surface area contributed by atoms with E-state index < -0.39 is 0 Å². The lowest BCUT2D eigenvalue weighted by atomic mass is 9.85. The Kier molecular flexibility index (Phi) is 5.40. The zero-order chi connectivity index (χ0) is 40.1. The molecule has 0 aliphatic rings. The van der Waals surface area contributed by atoms with E-state index in [9.17, 15) is 8.22 Å². The molecule has 0 saturated carbocycles. The Balaban J connectivity index is 1.18. The van der Waals surface area contributed by atoms with E-state index in [0.29, 0.717) is 22.3 Å². The number of fused-ring (bicyclic) bond motifs is 7. The van der Waals surface area contributed by atoms with Crippen molar-refractivity contribution < 1.29 is 12.6 Å². The smallest absolute Gasteiger partial charge is 0.143 e. The Labute approximate surface area is 315 Å². The van der Waals surface area contributed by atoms with Crippen LogP contribution in [-0.2, 0) is 0 Å². The predicted octanol–water partition coefficient (Wildman–Crippen LogP) is 14.9. The van der Waals surface area contributed by atoms with E-state index in [4.69, 9.17) is 4.42 Å². The third kappa shape index (κ3) is 4.64. The Morgan fingerprint density at radius 3 is 1.58 bits per heavy atom. The molecule has 11 rings (SSSR count). The largest absolute Gasteiger partial charge is 0.455 e. The number of hydrogen-bond acceptors (Lipinski definition) is 1. The normalized spacial score (nSPS) is 13.4. The molecule has 0 aliphatic heterocycles. The van der Waals surface area contributed by atoms with Gasteiger partial charge < -0.3 is 4.42 Å². The van der Waals surface area contributed by atoms with Crippen LogP contribution in [0, 0.1) is 0 Å². The second kappa shape index (κ2) is 11.8. The van der Waals surface area contributed by atoms with Crippen LogP contribution >= 0.6 is 0 Å². The zero-order valence-corrected chi connectivity index (χ0v) is 28.4. The van der Waals surface area contributed by atoms with E-state index in [-0.39, 0.29) is 58.2 Å². The zero-order valence-electron chi connectivity index (χ0n) is 34.4. The molecule has 1 heterocycles. The van der Waals surface area contributed by atoms with Crippen LogP contribution in [0.5, 0.6) is 0 Å². The molecule has 1 nitrogen and oxygen atoms in total. The van der Waals surface area contributed by atoms with E-state index in [2.05, 4.69) is 42.5 Å². The molecule has 246 valence electrons. The van der Waals surface area contributed by atoms with Gasteiger partial charge in [0, 0.05) is 16.3 Å². The Morgan fingerprint density at radius 1 is 0.340 bits per heavy atom. The molecule has 0 unspecified atom stereocenters. The molecule has 0 fully saturated rings. The van der Waals surface area contributed by atoms with Gasteiger partial charge in [0.15, 0.2) is 0 Å². The molecule has 0 N–H and O–H groups in total. The maximum Gasteiger partial charge on any atom is 0.143 e. The van der Waals surface area contributed by atoms with Crippen LogP contribution in [0.1, 0.15) is 8.22 Å². The average molecular weight is 679 g/mol. The van der Waals surface area contributed by atoms with Crippen LogP contribution < -0.4 is 0 Å². The Hall–Kier alpha value is -6.96. The lowest BCUT2D eigenvalue weighted by Gasteiger charge is -2.18. The third-order valence-electron chi connectivity index (χ3n) is 10.5. The van der Waals surface area contributed by atoms with Crippen LogP contribution in [0.3, 0.4) is 0 Å². The highest BCUT2D eigenvalue weighted by Gasteiger charge is 2.19. The maximum atomic E-state index is 9.75. The molecule has 0 atom stereocenters. The van der Waals surface area contributed by atoms with E-state index >= 15 is 0 Å². The number of furan rings is 1. The molecule has 53 heavy (non-hydrogen) atoms. The summed E-state index contributed by atoms with van der Waals surface area (Å²) in [7, 11) is 0. The molecule has 0 aliphatic carbocycles. The minimum absolute atomic E-state index is 0.00109. The molecular formula is C52H32O. The minimum Gasteiger partial charge on any atom is -0.455 e. The highest BCUT2D eigenvalue weighted by molar-refractivity contribution is 6.22. The van der Waals surface area contributed by atoms with Crippen molar-refractivity contribution in [3.05, 3.63) is 194 Å². The first-order valence-electron chi connectivity index (χ1n) is 20.8. The van der Waals surface area contributed by atoms with Gasteiger partial charge in [0.05, 0.1) is 8.22 Å². The van der Waals surface area contributed by atoms with Gasteiger partial charge in [-0.25, -0.2) is 0 Å². The van der Waals surface area contributed by atoms with Crippen molar-refractivity contribution in [1.29, 1.82) is 0 Å². The minimum atomic E-state index is -0.273. The van der Waals surface area contributed by atoms with Crippen LogP contribution in [0.15, 0.2) is 198 Å². The van der Waals surface area contributed by atoms with Crippen molar-refractivity contribution in [2.75, 3.05) is 0 Å². The molecule has 11 aromatic rings. The fourth-order valence-corrected chi connectivity index (χ4v) is 8.18. The number of hydrogen-bond donors (Lipinski definition) is 0. The van der Waals surface area contributed by atoms with E-state index in [0.717, 1.165) is 65.3 Å². The summed E-state index contributed by atoms with van der Waals surface area (Å²) in [5.41, 5.74) is 6.62. The molecule has 0 spiro atoms. The van der Waals surface area contributed by atoms with Crippen LogP contribution in [-0.4, -0.2) is 0 Å². The molecule has 0 saturated heterocycles. The lowest BCUT2D eigenvalue weighted by Crippen LogP contribution is -1.90. The Morgan fingerprint density at radius 2 is 0.849 bits per heavy atom. The first kappa shape index (κ1) is 24.3. The van der Waals surface area contributed by atoms with E-state index in [1.165, 1.54) is 0 Å². The maximum absolute atomic E-state index is 9.75. The quantitative estimate of drug-likeness (QED) is 0.169. The number of rotatable bonds is 4. The second-order valence-corrected chi connectivity index (χ2v) is 13.4. The standard InChI is InChI=1S/C52H32O/c1-2-14-34(15-3-1)49-43-18-6-8-20-45(43)50(46-21-9-7-19-44(46)49)38-30-28-35-31-37(29-27-36(35)32-38)40-22-11-25-47-51-42(24-12-26-48(51)53-52(40)47)41-23-10-16-33-13-4-5-17-39(33)41/h1-32H/i27D,28D,29D,30D,31D,32D. The van der Waals surface area contributed by atoms with Gasteiger partial charge in [-0.15, -0.1) is 0 Å². The van der Waals surface area contributed by atoms with Crippen LogP contribution in [0.2, 0.25) is 0 Å². The summed E-state index contributed by atoms with van der Waals surface area (Å²) >= 11 is 0. The summed E-state index contributed by atoms with van der Waals surface area (Å²) in [5.74, 6) is 0. The summed E-state index contributed by atoms with van der Waals surface area (Å²) in [4.78, 5) is 0. The van der Waals surface area contributed by atoms with E-state index in [1.54, 1.807) is 6.07 Å². The van der Waals surface area contributed by atoms with Crippen molar-refractivity contribution >= 4 is 65.0 Å². The molecule has 10 aromatic carbocycles. The highest BCUT2D eigenvalue weighted by Crippen LogP contribution is 2.45. The highest BCUT2D eigenvalue weighted by atomic mass is 16.3. The molecular weight excluding hydrogens is 641 g/mol. The average Bonchev–Trinajstić information content (AvgIpc) is 3.67. The van der Waals surface area contributed by atoms with Crippen LogP contribution in [0.25, 0.3) is 110 Å². The SMILES string of the molecule is [2H]c1c(-c2cccc3c2oc2cccc(-c4cccc5ccccc45)c23)c([2H])c2c([2H])c([2H])c(-c3c4ccccc4c(-c4ccccc4)c4ccccc34)c([2H])c2c1[2H]. The lowest BCUT2D eigenvalue weighted by molar-refractivity contribution is 0.670. The van der Waals surface area contributed by atoms with Crippen LogP contribution in [0.4, 0.5) is 0 Å². The fourth-order valence-electron chi connectivity index (χ4n) is 8.18.